The molecule has 3 aromatic rings. The zero-order valence-corrected chi connectivity index (χ0v) is 14.5. The fraction of sp³-hybridized carbons (Fsp3) is 0.300. The van der Waals surface area contributed by atoms with Crippen LogP contribution in [0.5, 0.6) is 11.5 Å². The van der Waals surface area contributed by atoms with Gasteiger partial charge >= 0.3 is 0 Å². The zero-order chi connectivity index (χ0) is 17.2. The van der Waals surface area contributed by atoms with Gasteiger partial charge in [-0.3, -0.25) is 0 Å². The first-order chi connectivity index (χ1) is 12.2. The lowest BCUT2D eigenvalue weighted by atomic mass is 9.89. The standard InChI is InChI=1S/C20H19NO4/c1-21-10-13-7-12-8-17-18(25-11-24-17)9-15(12)14-5-4-6-16(19(13)14)20(21,22-2)23-3/h4-9H,10-11H2,1-3H3. The molecule has 0 radical (unpaired) electrons. The van der Waals surface area contributed by atoms with Gasteiger partial charge in [0.2, 0.25) is 6.79 Å². The Bertz CT molecular complexity index is 1010. The van der Waals surface area contributed by atoms with Crippen LogP contribution in [-0.2, 0) is 21.9 Å². The molecule has 0 atom stereocenters. The molecule has 0 unspecified atom stereocenters. The highest BCUT2D eigenvalue weighted by Crippen LogP contribution is 2.45. The van der Waals surface area contributed by atoms with Crippen LogP contribution in [0.3, 0.4) is 0 Å². The fourth-order valence-corrected chi connectivity index (χ4v) is 4.26. The van der Waals surface area contributed by atoms with Gasteiger partial charge in [0, 0.05) is 26.3 Å². The lowest BCUT2D eigenvalue weighted by molar-refractivity contribution is -0.304. The Kier molecular flexibility index (Phi) is 3.04. The van der Waals surface area contributed by atoms with Crippen molar-refractivity contribution in [3.8, 4) is 11.5 Å². The van der Waals surface area contributed by atoms with Crippen LogP contribution in [-0.4, -0.2) is 33.0 Å². The summed E-state index contributed by atoms with van der Waals surface area (Å²) in [5.41, 5.74) is 2.28. The Morgan fingerprint density at radius 3 is 2.52 bits per heavy atom. The van der Waals surface area contributed by atoms with E-state index < -0.39 is 5.91 Å². The molecule has 0 aromatic heterocycles. The number of hydrogen-bond donors (Lipinski definition) is 0. The first kappa shape index (κ1) is 15.0. The summed E-state index contributed by atoms with van der Waals surface area (Å²) in [7, 11) is 5.38. The predicted molar refractivity (Wildman–Crippen MR) is 94.7 cm³/mol. The highest BCUT2D eigenvalue weighted by molar-refractivity contribution is 6.11. The van der Waals surface area contributed by atoms with Crippen molar-refractivity contribution in [1.82, 2.24) is 4.90 Å². The van der Waals surface area contributed by atoms with E-state index >= 15 is 0 Å². The minimum atomic E-state index is -0.878. The third kappa shape index (κ3) is 1.83. The number of benzene rings is 3. The van der Waals surface area contributed by atoms with Gasteiger partial charge in [-0.05, 0) is 52.4 Å². The molecule has 0 spiro atoms. The van der Waals surface area contributed by atoms with Gasteiger partial charge in [0.1, 0.15) is 0 Å². The molecule has 0 bridgehead atoms. The van der Waals surface area contributed by atoms with Crippen molar-refractivity contribution in [2.24, 2.45) is 0 Å². The summed E-state index contributed by atoms with van der Waals surface area (Å²) in [6.45, 7) is 1.01. The van der Waals surface area contributed by atoms with Gasteiger partial charge in [0.25, 0.3) is 5.91 Å². The van der Waals surface area contributed by atoms with E-state index in [1.54, 1.807) is 14.2 Å². The number of fused-ring (bicyclic) bond motifs is 3. The van der Waals surface area contributed by atoms with E-state index in [9.17, 15) is 0 Å². The second kappa shape index (κ2) is 5.08. The molecule has 5 nitrogen and oxygen atoms in total. The number of methoxy groups -OCH3 is 2. The normalized spacial score (nSPS) is 18.2. The third-order valence-electron chi connectivity index (χ3n) is 5.35. The summed E-state index contributed by atoms with van der Waals surface area (Å²) in [4.78, 5) is 2.09. The molecule has 25 heavy (non-hydrogen) atoms. The monoisotopic (exact) mass is 337 g/mol. The van der Waals surface area contributed by atoms with Crippen LogP contribution in [0.25, 0.3) is 21.5 Å². The topological polar surface area (TPSA) is 40.2 Å². The quantitative estimate of drug-likeness (QED) is 0.528. The molecule has 0 fully saturated rings. The van der Waals surface area contributed by atoms with E-state index in [1.807, 2.05) is 7.05 Å². The van der Waals surface area contributed by atoms with Crippen LogP contribution in [0.4, 0.5) is 0 Å². The molecule has 3 aromatic carbocycles. The predicted octanol–water partition coefficient (Wildman–Crippen LogP) is 3.57. The van der Waals surface area contributed by atoms with Gasteiger partial charge in [-0.15, -0.1) is 0 Å². The minimum Gasteiger partial charge on any atom is -0.454 e. The summed E-state index contributed by atoms with van der Waals surface area (Å²) in [5.74, 6) is 0.727. The van der Waals surface area contributed by atoms with Crippen LogP contribution in [0.2, 0.25) is 0 Å². The highest BCUT2D eigenvalue weighted by Gasteiger charge is 2.42. The lowest BCUT2D eigenvalue weighted by Gasteiger charge is -2.43. The maximum Gasteiger partial charge on any atom is 0.258 e. The highest BCUT2D eigenvalue weighted by atomic mass is 16.7. The Hall–Kier alpha value is -2.34. The molecule has 0 saturated carbocycles. The Balaban J connectivity index is 1.91. The van der Waals surface area contributed by atoms with Crippen LogP contribution in [0.1, 0.15) is 11.1 Å². The maximum absolute atomic E-state index is 5.83. The van der Waals surface area contributed by atoms with E-state index in [1.165, 1.54) is 16.3 Å². The lowest BCUT2D eigenvalue weighted by Crippen LogP contribution is -2.48. The number of hydrogen-bond acceptors (Lipinski definition) is 5. The molecule has 2 aliphatic rings. The Morgan fingerprint density at radius 1 is 1.00 bits per heavy atom. The smallest absolute Gasteiger partial charge is 0.258 e. The van der Waals surface area contributed by atoms with Gasteiger partial charge in [0.05, 0.1) is 0 Å². The minimum absolute atomic E-state index is 0.279. The molecule has 2 aliphatic heterocycles. The molecular formula is C20H19NO4. The molecule has 2 heterocycles. The maximum atomic E-state index is 5.83. The van der Waals surface area contributed by atoms with E-state index in [0.717, 1.165) is 34.4 Å². The average Bonchev–Trinajstić information content (AvgIpc) is 3.08. The summed E-state index contributed by atoms with van der Waals surface area (Å²) < 4.78 is 22.8. The van der Waals surface area contributed by atoms with Crippen molar-refractivity contribution in [1.29, 1.82) is 0 Å². The summed E-state index contributed by atoms with van der Waals surface area (Å²) in [6.07, 6.45) is 0. The number of ether oxygens (including phenoxy) is 4. The molecule has 0 saturated heterocycles. The molecule has 128 valence electrons. The van der Waals surface area contributed by atoms with Gasteiger partial charge in [-0.1, -0.05) is 18.2 Å². The number of nitrogens with zero attached hydrogens (tertiary/aromatic N) is 1. The first-order valence-electron chi connectivity index (χ1n) is 8.28. The van der Waals surface area contributed by atoms with Crippen LogP contribution in [0.15, 0.2) is 36.4 Å². The van der Waals surface area contributed by atoms with Crippen molar-refractivity contribution in [3.05, 3.63) is 47.5 Å². The largest absolute Gasteiger partial charge is 0.454 e. The van der Waals surface area contributed by atoms with E-state index in [-0.39, 0.29) is 6.79 Å². The molecular weight excluding hydrogens is 318 g/mol. The van der Waals surface area contributed by atoms with E-state index in [0.29, 0.717) is 0 Å². The van der Waals surface area contributed by atoms with Crippen LogP contribution in [0, 0.1) is 0 Å². The van der Waals surface area contributed by atoms with E-state index in [2.05, 4.69) is 41.3 Å². The zero-order valence-electron chi connectivity index (χ0n) is 14.5. The second-order valence-corrected chi connectivity index (χ2v) is 6.54. The Morgan fingerprint density at radius 2 is 1.76 bits per heavy atom. The van der Waals surface area contributed by atoms with Gasteiger partial charge in [0.15, 0.2) is 11.5 Å². The molecule has 0 aliphatic carbocycles. The molecule has 0 amide bonds. The van der Waals surface area contributed by atoms with E-state index in [4.69, 9.17) is 18.9 Å². The summed E-state index contributed by atoms with van der Waals surface area (Å²) in [6, 6.07) is 12.6. The first-order valence-corrected chi connectivity index (χ1v) is 8.28. The van der Waals surface area contributed by atoms with Crippen molar-refractivity contribution >= 4 is 21.5 Å². The number of rotatable bonds is 2. The van der Waals surface area contributed by atoms with Gasteiger partial charge in [-0.25, -0.2) is 4.90 Å². The van der Waals surface area contributed by atoms with Crippen molar-refractivity contribution < 1.29 is 18.9 Å². The summed E-state index contributed by atoms with van der Waals surface area (Å²) >= 11 is 0. The molecule has 5 heteroatoms. The molecule has 5 rings (SSSR count). The fourth-order valence-electron chi connectivity index (χ4n) is 4.26. The van der Waals surface area contributed by atoms with Gasteiger partial charge in [-0.2, -0.15) is 0 Å². The van der Waals surface area contributed by atoms with Crippen LogP contribution >= 0.6 is 0 Å². The SMILES string of the molecule is COC1(OC)c2cccc3c2c(cc2cc4c(cc23)OCO4)CN1C. The second-order valence-electron chi connectivity index (χ2n) is 6.54. The average molecular weight is 337 g/mol. The van der Waals surface area contributed by atoms with Gasteiger partial charge < -0.3 is 18.9 Å². The van der Waals surface area contributed by atoms with Crippen molar-refractivity contribution in [2.45, 2.75) is 12.5 Å². The summed E-state index contributed by atoms with van der Waals surface area (Å²) in [5, 5.41) is 4.67. The third-order valence-corrected chi connectivity index (χ3v) is 5.35. The van der Waals surface area contributed by atoms with Crippen molar-refractivity contribution in [2.75, 3.05) is 28.1 Å². The van der Waals surface area contributed by atoms with Crippen LogP contribution < -0.4 is 9.47 Å². The molecule has 0 N–H and O–H groups in total. The van der Waals surface area contributed by atoms with Crippen molar-refractivity contribution in [3.63, 3.8) is 0 Å². The Labute approximate surface area is 145 Å².